The second-order valence-corrected chi connectivity index (χ2v) is 6.51. The minimum atomic E-state index is 0.538. The number of nitrogen functional groups attached to an aromatic ring is 1. The smallest absolute Gasteiger partial charge is 0.136 e. The third kappa shape index (κ3) is 2.46. The van der Waals surface area contributed by atoms with Crippen LogP contribution in [-0.2, 0) is 0 Å². The van der Waals surface area contributed by atoms with Gasteiger partial charge < -0.3 is 16.0 Å². The molecule has 0 bridgehead atoms. The Balaban J connectivity index is 1.45. The van der Waals surface area contributed by atoms with Crippen molar-refractivity contribution in [3.8, 4) is 0 Å². The maximum Gasteiger partial charge on any atom is 0.136 e. The van der Waals surface area contributed by atoms with Crippen LogP contribution in [0, 0.1) is 0 Å². The first-order chi connectivity index (χ1) is 9.78. The summed E-state index contributed by atoms with van der Waals surface area (Å²) in [5.74, 6) is 3.01. The van der Waals surface area contributed by atoms with Gasteiger partial charge in [0.15, 0.2) is 0 Å². The van der Waals surface area contributed by atoms with Crippen LogP contribution in [0.25, 0.3) is 0 Å². The van der Waals surface area contributed by atoms with Crippen molar-refractivity contribution in [1.29, 1.82) is 0 Å². The van der Waals surface area contributed by atoms with Gasteiger partial charge in [0.1, 0.15) is 17.5 Å². The first-order valence-corrected chi connectivity index (χ1v) is 7.93. The SMILES string of the molecule is Nc1cc(NC2CCN3CCCC3C2)nc(C2CC2)n1. The minimum absolute atomic E-state index is 0.538. The van der Waals surface area contributed by atoms with E-state index in [0.29, 0.717) is 17.8 Å². The lowest BCUT2D eigenvalue weighted by atomic mass is 9.97. The molecule has 2 unspecified atom stereocenters. The Morgan fingerprint density at radius 3 is 2.90 bits per heavy atom. The lowest BCUT2D eigenvalue weighted by Crippen LogP contribution is -2.42. The van der Waals surface area contributed by atoms with E-state index in [2.05, 4.69) is 20.2 Å². The van der Waals surface area contributed by atoms with Gasteiger partial charge in [-0.15, -0.1) is 0 Å². The van der Waals surface area contributed by atoms with Gasteiger partial charge in [-0.25, -0.2) is 9.97 Å². The number of fused-ring (bicyclic) bond motifs is 1. The molecule has 4 rings (SSSR count). The molecule has 5 nitrogen and oxygen atoms in total. The number of rotatable bonds is 3. The Labute approximate surface area is 120 Å². The Morgan fingerprint density at radius 2 is 2.05 bits per heavy atom. The molecule has 1 aromatic heterocycles. The fourth-order valence-corrected chi connectivity index (χ4v) is 3.65. The predicted octanol–water partition coefficient (Wildman–Crippen LogP) is 1.97. The molecule has 2 aliphatic heterocycles. The largest absolute Gasteiger partial charge is 0.384 e. The van der Waals surface area contributed by atoms with E-state index in [1.807, 2.05) is 6.07 Å². The fraction of sp³-hybridized carbons (Fsp3) is 0.733. The topological polar surface area (TPSA) is 67.1 Å². The van der Waals surface area contributed by atoms with Crippen LogP contribution in [0.15, 0.2) is 6.07 Å². The van der Waals surface area contributed by atoms with E-state index in [0.717, 1.165) is 17.7 Å². The summed E-state index contributed by atoms with van der Waals surface area (Å²) in [6.07, 6.45) is 7.59. The molecule has 1 saturated carbocycles. The molecule has 5 heteroatoms. The highest BCUT2D eigenvalue weighted by atomic mass is 15.2. The molecule has 2 saturated heterocycles. The van der Waals surface area contributed by atoms with Gasteiger partial charge in [-0.05, 0) is 45.1 Å². The van der Waals surface area contributed by atoms with Crippen molar-refractivity contribution in [2.75, 3.05) is 24.1 Å². The third-order valence-electron chi connectivity index (χ3n) is 4.88. The van der Waals surface area contributed by atoms with Crippen LogP contribution in [0.3, 0.4) is 0 Å². The lowest BCUT2D eigenvalue weighted by Gasteiger charge is -2.35. The summed E-state index contributed by atoms with van der Waals surface area (Å²) >= 11 is 0. The number of hydrogen-bond acceptors (Lipinski definition) is 5. The van der Waals surface area contributed by atoms with Crippen LogP contribution in [0.1, 0.15) is 50.3 Å². The number of hydrogen-bond donors (Lipinski definition) is 2. The van der Waals surface area contributed by atoms with Crippen LogP contribution in [-0.4, -0.2) is 40.0 Å². The molecule has 3 heterocycles. The number of nitrogens with two attached hydrogens (primary N) is 1. The van der Waals surface area contributed by atoms with Crippen molar-refractivity contribution in [2.45, 2.75) is 56.5 Å². The molecule has 3 N–H and O–H groups in total. The van der Waals surface area contributed by atoms with E-state index in [-0.39, 0.29) is 0 Å². The molecule has 1 aromatic rings. The number of aromatic nitrogens is 2. The molecule has 0 aromatic carbocycles. The van der Waals surface area contributed by atoms with Crippen LogP contribution in [0.2, 0.25) is 0 Å². The van der Waals surface area contributed by atoms with Crippen LogP contribution in [0.5, 0.6) is 0 Å². The molecule has 3 fully saturated rings. The van der Waals surface area contributed by atoms with Gasteiger partial charge in [-0.2, -0.15) is 0 Å². The first kappa shape index (κ1) is 12.4. The molecule has 3 aliphatic rings. The van der Waals surface area contributed by atoms with Crippen molar-refractivity contribution in [1.82, 2.24) is 14.9 Å². The Kier molecular flexibility index (Phi) is 3.02. The van der Waals surface area contributed by atoms with Crippen molar-refractivity contribution in [2.24, 2.45) is 0 Å². The molecule has 0 radical (unpaired) electrons. The van der Waals surface area contributed by atoms with Gasteiger partial charge in [0, 0.05) is 30.6 Å². The highest BCUT2D eigenvalue weighted by Crippen LogP contribution is 2.38. The summed E-state index contributed by atoms with van der Waals surface area (Å²) < 4.78 is 0. The first-order valence-electron chi connectivity index (χ1n) is 7.93. The minimum Gasteiger partial charge on any atom is -0.384 e. The number of piperidine rings is 1. The quantitative estimate of drug-likeness (QED) is 0.881. The molecule has 0 amide bonds. The number of nitrogens with one attached hydrogen (secondary N) is 1. The average Bonchev–Trinajstić information content (AvgIpc) is 3.17. The van der Waals surface area contributed by atoms with Crippen molar-refractivity contribution in [3.05, 3.63) is 11.9 Å². The average molecular weight is 273 g/mol. The van der Waals surface area contributed by atoms with E-state index < -0.39 is 0 Å². The van der Waals surface area contributed by atoms with Crippen molar-refractivity contribution < 1.29 is 0 Å². The van der Waals surface area contributed by atoms with Crippen LogP contribution >= 0.6 is 0 Å². The lowest BCUT2D eigenvalue weighted by molar-refractivity contribution is 0.188. The zero-order chi connectivity index (χ0) is 13.5. The molecular weight excluding hydrogens is 250 g/mol. The second kappa shape index (κ2) is 4.88. The molecular formula is C15H23N5. The summed E-state index contributed by atoms with van der Waals surface area (Å²) in [5, 5.41) is 3.60. The normalized spacial score (nSPS) is 30.2. The third-order valence-corrected chi connectivity index (χ3v) is 4.88. The van der Waals surface area contributed by atoms with Gasteiger partial charge in [-0.3, -0.25) is 0 Å². The van der Waals surface area contributed by atoms with E-state index in [1.54, 1.807) is 0 Å². The van der Waals surface area contributed by atoms with Gasteiger partial charge in [-0.1, -0.05) is 0 Å². The Hall–Kier alpha value is -1.36. The zero-order valence-corrected chi connectivity index (χ0v) is 11.9. The highest BCUT2D eigenvalue weighted by molar-refractivity contribution is 5.46. The summed E-state index contributed by atoms with van der Waals surface area (Å²) in [6.45, 7) is 2.52. The second-order valence-electron chi connectivity index (χ2n) is 6.51. The monoisotopic (exact) mass is 273 g/mol. The summed E-state index contributed by atoms with van der Waals surface area (Å²) in [6, 6.07) is 3.20. The van der Waals surface area contributed by atoms with Crippen LogP contribution in [0.4, 0.5) is 11.6 Å². The van der Waals surface area contributed by atoms with Gasteiger partial charge in [0.25, 0.3) is 0 Å². The fourth-order valence-electron chi connectivity index (χ4n) is 3.65. The number of anilines is 2. The van der Waals surface area contributed by atoms with E-state index in [9.17, 15) is 0 Å². The zero-order valence-electron chi connectivity index (χ0n) is 11.9. The summed E-state index contributed by atoms with van der Waals surface area (Å²) in [4.78, 5) is 11.7. The van der Waals surface area contributed by atoms with Crippen molar-refractivity contribution >= 4 is 11.6 Å². The maximum absolute atomic E-state index is 5.92. The van der Waals surface area contributed by atoms with E-state index >= 15 is 0 Å². The van der Waals surface area contributed by atoms with E-state index in [1.165, 1.54) is 51.6 Å². The van der Waals surface area contributed by atoms with Gasteiger partial charge >= 0.3 is 0 Å². The molecule has 108 valence electrons. The van der Waals surface area contributed by atoms with Crippen molar-refractivity contribution in [3.63, 3.8) is 0 Å². The molecule has 0 spiro atoms. The standard InChI is InChI=1S/C15H23N5/c16-13-9-14(19-15(18-13)10-3-4-10)17-11-5-7-20-6-1-2-12(20)8-11/h9-12H,1-8H2,(H3,16,17,18,19). The Bertz CT molecular complexity index is 499. The van der Waals surface area contributed by atoms with Gasteiger partial charge in [0.2, 0.25) is 0 Å². The predicted molar refractivity (Wildman–Crippen MR) is 79.7 cm³/mol. The highest BCUT2D eigenvalue weighted by Gasteiger charge is 2.32. The molecule has 2 atom stereocenters. The van der Waals surface area contributed by atoms with E-state index in [4.69, 9.17) is 5.73 Å². The van der Waals surface area contributed by atoms with Crippen LogP contribution < -0.4 is 11.1 Å². The molecule has 20 heavy (non-hydrogen) atoms. The summed E-state index contributed by atoms with van der Waals surface area (Å²) in [7, 11) is 0. The summed E-state index contributed by atoms with van der Waals surface area (Å²) in [5.41, 5.74) is 5.92. The number of nitrogens with zero attached hydrogens (tertiary/aromatic N) is 3. The van der Waals surface area contributed by atoms with Gasteiger partial charge in [0.05, 0.1) is 0 Å². The maximum atomic E-state index is 5.92. The molecule has 1 aliphatic carbocycles. The Morgan fingerprint density at radius 1 is 1.15 bits per heavy atom.